The Hall–Kier alpha value is -5.92. The largest absolute Gasteiger partial charge is 0.497 e. The molecule has 0 aromatic heterocycles. The minimum atomic E-state index is -1.45. The molecule has 0 fully saturated rings. The fraction of sp³-hybridized carbons (Fsp3) is 0.209. The lowest BCUT2D eigenvalue weighted by Crippen LogP contribution is -2.49. The number of amides is 3. The van der Waals surface area contributed by atoms with Gasteiger partial charge in [-0.15, -0.1) is 0 Å². The van der Waals surface area contributed by atoms with E-state index in [2.05, 4.69) is 5.32 Å². The van der Waals surface area contributed by atoms with Crippen LogP contribution in [0.5, 0.6) is 11.5 Å². The molecule has 3 amide bonds. The number of methoxy groups -OCH3 is 2. The van der Waals surface area contributed by atoms with E-state index in [-0.39, 0.29) is 45.1 Å². The number of anilines is 2. The summed E-state index contributed by atoms with van der Waals surface area (Å²) in [5.41, 5.74) is 0.344. The third-order valence-corrected chi connectivity index (χ3v) is 10.1. The third-order valence-electron chi connectivity index (χ3n) is 9.34. The summed E-state index contributed by atoms with van der Waals surface area (Å²) < 4.78 is 67.5. The highest BCUT2D eigenvalue weighted by Crippen LogP contribution is 2.30. The number of carbonyl (C=O) groups excluding carboxylic acids is 4. The second kappa shape index (κ2) is 19.0. The van der Waals surface area contributed by atoms with E-state index in [0.29, 0.717) is 35.0 Å². The Morgan fingerprint density at radius 2 is 1.02 bits per heavy atom. The van der Waals surface area contributed by atoms with Crippen molar-refractivity contribution in [2.45, 2.75) is 25.3 Å². The molecule has 0 saturated heterocycles. The molecule has 5 aromatic carbocycles. The van der Waals surface area contributed by atoms with Gasteiger partial charge in [-0.2, -0.15) is 0 Å². The van der Waals surface area contributed by atoms with Crippen molar-refractivity contribution in [1.82, 2.24) is 5.32 Å². The first-order chi connectivity index (χ1) is 27.6. The Bertz CT molecular complexity index is 2130. The number of ether oxygens (including phenoxy) is 2. The Morgan fingerprint density at radius 1 is 0.603 bits per heavy atom. The van der Waals surface area contributed by atoms with E-state index < -0.39 is 65.2 Å². The van der Waals surface area contributed by atoms with Crippen molar-refractivity contribution in [3.8, 4) is 11.5 Å². The molecule has 0 aliphatic rings. The molecule has 5 rings (SSSR count). The van der Waals surface area contributed by atoms with Crippen LogP contribution in [-0.4, -0.2) is 57.9 Å². The predicted molar refractivity (Wildman–Crippen MR) is 213 cm³/mol. The standard InChI is InChI=1S/C43H37Cl2F4N3O6/c1-51(31-5-9-33(57-3)10-6-31)42(55)26(13-24-14-27(46)20-28(47)15-24)19-40(53)35-22-37(44)38(45)23-36(35)41(54)50-39(18-25-16-29(48)21-30(49)17-25)43(56)52(2)32-7-11-34(58-4)12-8-32/h5-12,14-17,20-23,26,39H,13,18-19H2,1-4H3,(H,50,54)/t26-,39+/m1/s1. The van der Waals surface area contributed by atoms with Crippen LogP contribution in [0.3, 0.4) is 0 Å². The number of nitrogens with one attached hydrogen (secondary N) is 1. The van der Waals surface area contributed by atoms with Gasteiger partial charge in [0.25, 0.3) is 5.91 Å². The summed E-state index contributed by atoms with van der Waals surface area (Å²) in [6.45, 7) is 0. The van der Waals surface area contributed by atoms with E-state index >= 15 is 0 Å². The first kappa shape index (κ1) is 43.2. The number of hydrogen-bond acceptors (Lipinski definition) is 6. The van der Waals surface area contributed by atoms with Crippen LogP contribution < -0.4 is 24.6 Å². The summed E-state index contributed by atoms with van der Waals surface area (Å²) in [5.74, 6) is -6.80. The second-order valence-corrected chi connectivity index (χ2v) is 14.1. The molecular weight excluding hydrogens is 801 g/mol. The van der Waals surface area contributed by atoms with Gasteiger partial charge in [-0.3, -0.25) is 19.2 Å². The highest BCUT2D eigenvalue weighted by Gasteiger charge is 2.32. The number of Topliss-reactive ketones (excluding diaryl/α,β-unsaturated/α-hetero) is 1. The number of carbonyl (C=O) groups is 4. The SMILES string of the molecule is COc1ccc(N(C)C(=O)[C@@H](CC(=O)c2cc(Cl)c(Cl)cc2C(=O)N[C@@H](Cc2cc(F)cc(F)c2)C(=O)N(C)c2ccc(OC)cc2)Cc2cc(F)cc(F)c2)cc1. The molecule has 5 aromatic rings. The lowest BCUT2D eigenvalue weighted by atomic mass is 9.89. The first-order valence-corrected chi connectivity index (χ1v) is 18.4. The molecule has 0 spiro atoms. The predicted octanol–water partition coefficient (Wildman–Crippen LogP) is 8.67. The number of halogens is 6. The van der Waals surface area contributed by atoms with E-state index in [1.54, 1.807) is 48.5 Å². The Kier molecular flexibility index (Phi) is 14.2. The molecule has 0 bridgehead atoms. The van der Waals surface area contributed by atoms with Crippen LogP contribution in [0.15, 0.2) is 97.1 Å². The average Bonchev–Trinajstić information content (AvgIpc) is 3.19. The van der Waals surface area contributed by atoms with E-state index in [0.717, 1.165) is 36.4 Å². The first-order valence-electron chi connectivity index (χ1n) is 17.6. The molecule has 0 aliphatic heterocycles. The molecule has 9 nitrogen and oxygen atoms in total. The summed E-state index contributed by atoms with van der Waals surface area (Å²) in [4.78, 5) is 59.0. The Morgan fingerprint density at radius 3 is 1.47 bits per heavy atom. The molecule has 0 saturated carbocycles. The molecule has 302 valence electrons. The van der Waals surface area contributed by atoms with Gasteiger partial charge in [0.1, 0.15) is 40.8 Å². The quantitative estimate of drug-likeness (QED) is 0.0837. The smallest absolute Gasteiger partial charge is 0.252 e. The molecule has 1 N–H and O–H groups in total. The van der Waals surface area contributed by atoms with Crippen LogP contribution >= 0.6 is 23.2 Å². The fourth-order valence-corrected chi connectivity index (χ4v) is 6.66. The van der Waals surface area contributed by atoms with Gasteiger partial charge in [0.15, 0.2) is 5.78 Å². The fourth-order valence-electron chi connectivity index (χ4n) is 6.33. The minimum Gasteiger partial charge on any atom is -0.497 e. The maximum absolute atomic E-state index is 14.3. The summed E-state index contributed by atoms with van der Waals surface area (Å²) in [6, 6.07) is 19.1. The van der Waals surface area contributed by atoms with Gasteiger partial charge in [0, 0.05) is 61.9 Å². The number of ketones is 1. The summed E-state index contributed by atoms with van der Waals surface area (Å²) in [7, 11) is 5.86. The highest BCUT2D eigenvalue weighted by molar-refractivity contribution is 6.42. The zero-order chi connectivity index (χ0) is 42.3. The van der Waals surface area contributed by atoms with Crippen LogP contribution in [0.25, 0.3) is 0 Å². The van der Waals surface area contributed by atoms with Gasteiger partial charge in [-0.1, -0.05) is 23.2 Å². The van der Waals surface area contributed by atoms with E-state index in [1.807, 2.05) is 0 Å². The number of rotatable bonds is 15. The van der Waals surface area contributed by atoms with Crippen LogP contribution in [-0.2, 0) is 22.4 Å². The van der Waals surface area contributed by atoms with E-state index in [9.17, 15) is 36.7 Å². The molecule has 0 heterocycles. The maximum atomic E-state index is 14.3. The van der Waals surface area contributed by atoms with Crippen molar-refractivity contribution in [1.29, 1.82) is 0 Å². The molecular formula is C43H37Cl2F4N3O6. The Labute approximate surface area is 342 Å². The van der Waals surface area contributed by atoms with Crippen molar-refractivity contribution in [2.75, 3.05) is 38.1 Å². The average molecular weight is 839 g/mol. The zero-order valence-corrected chi connectivity index (χ0v) is 33.1. The monoisotopic (exact) mass is 837 g/mol. The van der Waals surface area contributed by atoms with Crippen LogP contribution in [0.4, 0.5) is 28.9 Å². The van der Waals surface area contributed by atoms with Crippen LogP contribution in [0, 0.1) is 29.2 Å². The molecule has 0 radical (unpaired) electrons. The molecule has 15 heteroatoms. The molecule has 2 atom stereocenters. The van der Waals surface area contributed by atoms with Gasteiger partial charge in [-0.25, -0.2) is 17.6 Å². The van der Waals surface area contributed by atoms with E-state index in [4.69, 9.17) is 32.7 Å². The normalized spacial score (nSPS) is 12.0. The van der Waals surface area contributed by atoms with Gasteiger partial charge >= 0.3 is 0 Å². The number of nitrogens with zero attached hydrogens (tertiary/aromatic N) is 2. The lowest BCUT2D eigenvalue weighted by molar-refractivity contribution is -0.122. The van der Waals surface area contributed by atoms with E-state index in [1.165, 1.54) is 38.1 Å². The van der Waals surface area contributed by atoms with Gasteiger partial charge in [-0.05, 0) is 102 Å². The minimum absolute atomic E-state index is 0.0424. The molecule has 0 aliphatic carbocycles. The topological polar surface area (TPSA) is 105 Å². The molecule has 58 heavy (non-hydrogen) atoms. The van der Waals surface area contributed by atoms with Crippen LogP contribution in [0.2, 0.25) is 10.0 Å². The summed E-state index contributed by atoms with van der Waals surface area (Å²) in [6.07, 6.45) is -1.22. The number of likely N-dealkylation sites (N-methyl/N-ethyl adjacent to an activating group) is 1. The summed E-state index contributed by atoms with van der Waals surface area (Å²) >= 11 is 12.7. The van der Waals surface area contributed by atoms with Gasteiger partial charge in [0.05, 0.1) is 29.8 Å². The van der Waals surface area contributed by atoms with Crippen molar-refractivity contribution in [3.05, 3.63) is 153 Å². The Balaban J connectivity index is 1.49. The maximum Gasteiger partial charge on any atom is 0.252 e. The zero-order valence-electron chi connectivity index (χ0n) is 31.6. The molecule has 0 unspecified atom stereocenters. The van der Waals surface area contributed by atoms with Gasteiger partial charge < -0.3 is 24.6 Å². The van der Waals surface area contributed by atoms with Crippen molar-refractivity contribution in [2.24, 2.45) is 5.92 Å². The van der Waals surface area contributed by atoms with Gasteiger partial charge in [0.2, 0.25) is 11.8 Å². The number of hydrogen-bond donors (Lipinski definition) is 1. The van der Waals surface area contributed by atoms with Crippen molar-refractivity contribution < 1.29 is 46.2 Å². The lowest BCUT2D eigenvalue weighted by Gasteiger charge is -2.26. The second-order valence-electron chi connectivity index (χ2n) is 13.3. The van der Waals surface area contributed by atoms with Crippen molar-refractivity contribution >= 4 is 58.1 Å². The number of benzene rings is 5. The highest BCUT2D eigenvalue weighted by atomic mass is 35.5. The summed E-state index contributed by atoms with van der Waals surface area (Å²) in [5, 5.41) is 2.35. The van der Waals surface area contributed by atoms with Crippen molar-refractivity contribution in [3.63, 3.8) is 0 Å². The van der Waals surface area contributed by atoms with Crippen LogP contribution in [0.1, 0.15) is 38.3 Å². The third kappa shape index (κ3) is 10.7.